The maximum absolute atomic E-state index is 11.8. The van der Waals surface area contributed by atoms with Crippen LogP contribution in [0.3, 0.4) is 0 Å². The maximum Gasteiger partial charge on any atom is 0.315 e. The summed E-state index contributed by atoms with van der Waals surface area (Å²) >= 11 is 5.82. The third-order valence-electron chi connectivity index (χ3n) is 3.69. The quantitative estimate of drug-likeness (QED) is 0.589. The number of unbranched alkanes of at least 4 members (excludes halogenated alkanes) is 2. The molecule has 0 saturated carbocycles. The highest BCUT2D eigenvalue weighted by Crippen LogP contribution is 2.08. The zero-order chi connectivity index (χ0) is 18.6. The molecule has 0 aliphatic carbocycles. The summed E-state index contributed by atoms with van der Waals surface area (Å²) in [4.78, 5) is 27.5. The molecule has 0 saturated heterocycles. The molecule has 0 aliphatic rings. The standard InChI is InChI=1S/C19H23ClN4O2/c20-16-9-7-15(8-10-16)14-24-19(26)23-13-4-1-3-12-22-18(25)17-6-2-5-11-21-17/h2,5-11H,1,3-4,12-14H2,(H,22,25)(H2,23,24,26). The highest BCUT2D eigenvalue weighted by Gasteiger charge is 2.04. The molecule has 0 aliphatic heterocycles. The van der Waals surface area contributed by atoms with Crippen LogP contribution in [-0.4, -0.2) is 30.0 Å². The summed E-state index contributed by atoms with van der Waals surface area (Å²) in [6, 6.07) is 12.4. The molecule has 7 heteroatoms. The van der Waals surface area contributed by atoms with Crippen LogP contribution in [0.25, 0.3) is 0 Å². The molecule has 0 spiro atoms. The zero-order valence-electron chi connectivity index (χ0n) is 14.5. The average molecular weight is 375 g/mol. The molecule has 0 bridgehead atoms. The Morgan fingerprint density at radius 2 is 1.62 bits per heavy atom. The number of nitrogens with one attached hydrogen (secondary N) is 3. The van der Waals surface area contributed by atoms with Crippen molar-refractivity contribution in [2.45, 2.75) is 25.8 Å². The first-order chi connectivity index (χ1) is 12.6. The number of pyridine rings is 1. The van der Waals surface area contributed by atoms with Gasteiger partial charge in [0.25, 0.3) is 5.91 Å². The Labute approximate surface area is 158 Å². The van der Waals surface area contributed by atoms with Crippen molar-refractivity contribution < 1.29 is 9.59 Å². The fourth-order valence-electron chi connectivity index (χ4n) is 2.27. The molecule has 1 heterocycles. The first-order valence-electron chi connectivity index (χ1n) is 8.60. The third-order valence-corrected chi connectivity index (χ3v) is 3.94. The van der Waals surface area contributed by atoms with E-state index >= 15 is 0 Å². The molecule has 0 atom stereocenters. The maximum atomic E-state index is 11.8. The second-order valence-electron chi connectivity index (χ2n) is 5.77. The summed E-state index contributed by atoms with van der Waals surface area (Å²) in [5, 5.41) is 9.12. The lowest BCUT2D eigenvalue weighted by molar-refractivity contribution is 0.0948. The first kappa shape index (κ1) is 19.7. The number of carbonyl (C=O) groups excluding carboxylic acids is 2. The van der Waals surface area contributed by atoms with Gasteiger partial charge in [-0.25, -0.2) is 4.79 Å². The average Bonchev–Trinajstić information content (AvgIpc) is 2.67. The van der Waals surface area contributed by atoms with Crippen molar-refractivity contribution >= 4 is 23.5 Å². The predicted octanol–water partition coefficient (Wildman–Crippen LogP) is 3.13. The molecule has 1 aromatic carbocycles. The topological polar surface area (TPSA) is 83.1 Å². The Morgan fingerprint density at radius 3 is 2.31 bits per heavy atom. The van der Waals surface area contributed by atoms with Crippen molar-refractivity contribution in [3.05, 3.63) is 64.9 Å². The van der Waals surface area contributed by atoms with E-state index in [0.29, 0.717) is 30.4 Å². The lowest BCUT2D eigenvalue weighted by Gasteiger charge is -2.08. The van der Waals surface area contributed by atoms with Gasteiger partial charge in [0, 0.05) is 30.9 Å². The lowest BCUT2D eigenvalue weighted by atomic mass is 10.2. The molecule has 2 aromatic rings. The van der Waals surface area contributed by atoms with Gasteiger partial charge in [0.1, 0.15) is 5.69 Å². The minimum absolute atomic E-state index is 0.162. The van der Waals surface area contributed by atoms with Gasteiger partial charge in [-0.3, -0.25) is 9.78 Å². The number of nitrogens with zero attached hydrogens (tertiary/aromatic N) is 1. The molecule has 26 heavy (non-hydrogen) atoms. The van der Waals surface area contributed by atoms with E-state index < -0.39 is 0 Å². The van der Waals surface area contributed by atoms with E-state index in [9.17, 15) is 9.59 Å². The van der Waals surface area contributed by atoms with Crippen LogP contribution in [0, 0.1) is 0 Å². The van der Waals surface area contributed by atoms with E-state index in [1.807, 2.05) is 12.1 Å². The van der Waals surface area contributed by atoms with Gasteiger partial charge in [0.05, 0.1) is 0 Å². The number of carbonyl (C=O) groups is 2. The van der Waals surface area contributed by atoms with Crippen LogP contribution in [0.1, 0.15) is 35.3 Å². The summed E-state index contributed by atoms with van der Waals surface area (Å²) < 4.78 is 0. The number of hydrogen-bond donors (Lipinski definition) is 3. The normalized spacial score (nSPS) is 10.2. The van der Waals surface area contributed by atoms with Crippen molar-refractivity contribution in [3.8, 4) is 0 Å². The Bertz CT molecular complexity index is 692. The van der Waals surface area contributed by atoms with Gasteiger partial charge in [0.2, 0.25) is 0 Å². The molecular formula is C19H23ClN4O2. The molecule has 0 radical (unpaired) electrons. The summed E-state index contributed by atoms with van der Waals surface area (Å²) in [5.41, 5.74) is 1.42. The molecule has 6 nitrogen and oxygen atoms in total. The van der Waals surface area contributed by atoms with Crippen LogP contribution in [0.5, 0.6) is 0 Å². The number of urea groups is 1. The summed E-state index contributed by atoms with van der Waals surface area (Å²) in [5.74, 6) is -0.162. The molecule has 0 unspecified atom stereocenters. The predicted molar refractivity (Wildman–Crippen MR) is 102 cm³/mol. The van der Waals surface area contributed by atoms with Gasteiger partial charge in [-0.05, 0) is 49.1 Å². The summed E-state index contributed by atoms with van der Waals surface area (Å²) in [6.45, 7) is 1.65. The fourth-order valence-corrected chi connectivity index (χ4v) is 2.39. The number of benzene rings is 1. The van der Waals surface area contributed by atoms with E-state index in [1.165, 1.54) is 0 Å². The minimum Gasteiger partial charge on any atom is -0.351 e. The Hall–Kier alpha value is -2.60. The second-order valence-corrected chi connectivity index (χ2v) is 6.20. The minimum atomic E-state index is -0.191. The van der Waals surface area contributed by atoms with Crippen molar-refractivity contribution in [2.24, 2.45) is 0 Å². The van der Waals surface area contributed by atoms with Crippen molar-refractivity contribution in [1.29, 1.82) is 0 Å². The molecule has 138 valence electrons. The highest BCUT2D eigenvalue weighted by molar-refractivity contribution is 6.30. The second kappa shape index (κ2) is 11.1. The summed E-state index contributed by atoms with van der Waals surface area (Å²) in [7, 11) is 0. The van der Waals surface area contributed by atoms with Crippen LogP contribution >= 0.6 is 11.6 Å². The van der Waals surface area contributed by atoms with Crippen LogP contribution < -0.4 is 16.0 Å². The Morgan fingerprint density at radius 1 is 0.885 bits per heavy atom. The molecule has 2 rings (SSSR count). The van der Waals surface area contributed by atoms with E-state index in [1.54, 1.807) is 36.5 Å². The highest BCUT2D eigenvalue weighted by atomic mass is 35.5. The largest absolute Gasteiger partial charge is 0.351 e. The van der Waals surface area contributed by atoms with Gasteiger partial charge in [-0.2, -0.15) is 0 Å². The number of hydrogen-bond acceptors (Lipinski definition) is 3. The molecule has 1 aromatic heterocycles. The smallest absolute Gasteiger partial charge is 0.315 e. The number of amides is 3. The Kier molecular flexibility index (Phi) is 8.42. The van der Waals surface area contributed by atoms with Gasteiger partial charge in [-0.1, -0.05) is 29.8 Å². The number of aromatic nitrogens is 1. The molecule has 3 N–H and O–H groups in total. The van der Waals surface area contributed by atoms with E-state index in [-0.39, 0.29) is 11.9 Å². The number of rotatable bonds is 9. The van der Waals surface area contributed by atoms with Gasteiger partial charge in [0.15, 0.2) is 0 Å². The number of halogens is 1. The van der Waals surface area contributed by atoms with Gasteiger partial charge < -0.3 is 16.0 Å². The van der Waals surface area contributed by atoms with E-state index in [0.717, 1.165) is 24.8 Å². The van der Waals surface area contributed by atoms with Gasteiger partial charge in [-0.15, -0.1) is 0 Å². The lowest BCUT2D eigenvalue weighted by Crippen LogP contribution is -2.35. The van der Waals surface area contributed by atoms with Crippen molar-refractivity contribution in [3.63, 3.8) is 0 Å². The van der Waals surface area contributed by atoms with E-state index in [4.69, 9.17) is 11.6 Å². The van der Waals surface area contributed by atoms with Crippen molar-refractivity contribution in [2.75, 3.05) is 13.1 Å². The molecule has 0 fully saturated rings. The zero-order valence-corrected chi connectivity index (χ0v) is 15.3. The van der Waals surface area contributed by atoms with Crippen molar-refractivity contribution in [1.82, 2.24) is 20.9 Å². The summed E-state index contributed by atoms with van der Waals surface area (Å²) in [6.07, 6.45) is 4.22. The monoisotopic (exact) mass is 374 g/mol. The van der Waals surface area contributed by atoms with Crippen LogP contribution in [0.4, 0.5) is 4.79 Å². The van der Waals surface area contributed by atoms with Crippen LogP contribution in [0.15, 0.2) is 48.7 Å². The molecule has 3 amide bonds. The Balaban J connectivity index is 1.48. The SMILES string of the molecule is O=C(NCCCCCNC(=O)c1ccccn1)NCc1ccc(Cl)cc1. The van der Waals surface area contributed by atoms with E-state index in [2.05, 4.69) is 20.9 Å². The first-order valence-corrected chi connectivity index (χ1v) is 8.98. The third kappa shape index (κ3) is 7.53. The fraction of sp³-hybridized carbons (Fsp3) is 0.316. The van der Waals surface area contributed by atoms with Crippen LogP contribution in [0.2, 0.25) is 5.02 Å². The van der Waals surface area contributed by atoms with Gasteiger partial charge >= 0.3 is 6.03 Å². The van der Waals surface area contributed by atoms with Crippen LogP contribution in [-0.2, 0) is 6.54 Å². The molecular weight excluding hydrogens is 352 g/mol.